The van der Waals surface area contributed by atoms with Crippen molar-refractivity contribution in [2.45, 2.75) is 13.0 Å². The van der Waals surface area contributed by atoms with Gasteiger partial charge in [-0.1, -0.05) is 18.2 Å². The molecule has 0 spiro atoms. The molecule has 0 atom stereocenters. The van der Waals surface area contributed by atoms with Crippen LogP contribution in [0.4, 0.5) is 0 Å². The minimum absolute atomic E-state index is 0.447. The van der Waals surface area contributed by atoms with Crippen molar-refractivity contribution in [1.29, 1.82) is 0 Å². The van der Waals surface area contributed by atoms with Gasteiger partial charge in [0.2, 0.25) is 0 Å². The lowest BCUT2D eigenvalue weighted by Gasteiger charge is -2.01. The maximum atomic E-state index is 5.71. The molecule has 0 radical (unpaired) electrons. The quantitative estimate of drug-likeness (QED) is 0.783. The van der Waals surface area contributed by atoms with Gasteiger partial charge in [-0.2, -0.15) is 5.10 Å². The van der Waals surface area contributed by atoms with Crippen LogP contribution in [0.2, 0.25) is 0 Å². The molecular formula is C15H16N4O. The molecule has 2 N–H and O–H groups in total. The average molecular weight is 268 g/mol. The number of rotatable bonds is 4. The highest BCUT2D eigenvalue weighted by Gasteiger charge is 2.07. The van der Waals surface area contributed by atoms with E-state index < -0.39 is 0 Å². The standard InChI is InChI=1S/C15H16N4O/c1-20-13-7-5-11(6-8-13)9-14-17-15-4-2-3-12(10-16)19(15)18-14/h2-8H,9-10,16H2,1H3. The largest absolute Gasteiger partial charge is 0.497 e. The van der Waals surface area contributed by atoms with Crippen molar-refractivity contribution < 1.29 is 4.74 Å². The number of aromatic nitrogens is 3. The first kappa shape index (κ1) is 12.6. The van der Waals surface area contributed by atoms with Crippen LogP contribution in [0.25, 0.3) is 5.65 Å². The lowest BCUT2D eigenvalue weighted by Crippen LogP contribution is -2.04. The van der Waals surface area contributed by atoms with Crippen LogP contribution in [0.1, 0.15) is 17.1 Å². The van der Waals surface area contributed by atoms with E-state index in [1.807, 2.05) is 42.5 Å². The highest BCUT2D eigenvalue weighted by molar-refractivity contribution is 5.39. The first-order valence-electron chi connectivity index (χ1n) is 6.46. The molecule has 5 heteroatoms. The van der Waals surface area contributed by atoms with Crippen LogP contribution in [-0.4, -0.2) is 21.7 Å². The molecule has 0 saturated heterocycles. The number of pyridine rings is 1. The zero-order chi connectivity index (χ0) is 13.9. The normalized spacial score (nSPS) is 10.9. The summed E-state index contributed by atoms with van der Waals surface area (Å²) < 4.78 is 6.95. The van der Waals surface area contributed by atoms with Crippen LogP contribution in [0.5, 0.6) is 5.75 Å². The molecule has 2 aromatic heterocycles. The second-order valence-electron chi connectivity index (χ2n) is 4.54. The fourth-order valence-electron chi connectivity index (χ4n) is 2.16. The molecule has 0 fully saturated rings. The number of methoxy groups -OCH3 is 1. The van der Waals surface area contributed by atoms with Crippen molar-refractivity contribution in [2.24, 2.45) is 5.73 Å². The number of nitrogens with zero attached hydrogens (tertiary/aromatic N) is 3. The first-order chi connectivity index (χ1) is 9.80. The van der Waals surface area contributed by atoms with Gasteiger partial charge in [-0.3, -0.25) is 0 Å². The van der Waals surface area contributed by atoms with Crippen LogP contribution in [0, 0.1) is 0 Å². The molecule has 0 bridgehead atoms. The molecule has 20 heavy (non-hydrogen) atoms. The fraction of sp³-hybridized carbons (Fsp3) is 0.200. The van der Waals surface area contributed by atoms with Crippen LogP contribution in [0.15, 0.2) is 42.5 Å². The number of ether oxygens (including phenoxy) is 1. The van der Waals surface area contributed by atoms with Gasteiger partial charge in [0, 0.05) is 13.0 Å². The third kappa shape index (κ3) is 2.35. The Kier molecular flexibility index (Phi) is 3.35. The number of nitrogens with two attached hydrogens (primary N) is 1. The molecule has 1 aromatic carbocycles. The summed E-state index contributed by atoms with van der Waals surface area (Å²) in [5, 5.41) is 4.52. The van der Waals surface area contributed by atoms with Crippen LogP contribution < -0.4 is 10.5 Å². The summed E-state index contributed by atoms with van der Waals surface area (Å²) in [7, 11) is 1.66. The second-order valence-corrected chi connectivity index (χ2v) is 4.54. The Morgan fingerprint density at radius 3 is 2.65 bits per heavy atom. The summed E-state index contributed by atoms with van der Waals surface area (Å²) in [6, 6.07) is 13.8. The summed E-state index contributed by atoms with van der Waals surface area (Å²) in [4.78, 5) is 4.52. The van der Waals surface area contributed by atoms with Crippen LogP contribution >= 0.6 is 0 Å². The molecular weight excluding hydrogens is 252 g/mol. The van der Waals surface area contributed by atoms with Gasteiger partial charge in [0.15, 0.2) is 11.5 Å². The number of benzene rings is 1. The SMILES string of the molecule is COc1ccc(Cc2nc3cccc(CN)n3n2)cc1. The van der Waals surface area contributed by atoms with Gasteiger partial charge >= 0.3 is 0 Å². The Bertz CT molecular complexity index is 718. The van der Waals surface area contributed by atoms with E-state index in [2.05, 4.69) is 10.1 Å². The minimum atomic E-state index is 0.447. The van der Waals surface area contributed by atoms with Crippen molar-refractivity contribution in [1.82, 2.24) is 14.6 Å². The van der Waals surface area contributed by atoms with Crippen molar-refractivity contribution in [3.63, 3.8) is 0 Å². The molecule has 0 amide bonds. The van der Waals surface area contributed by atoms with Gasteiger partial charge in [-0.05, 0) is 29.8 Å². The van der Waals surface area contributed by atoms with Crippen molar-refractivity contribution in [3.05, 3.63) is 59.5 Å². The van der Waals surface area contributed by atoms with E-state index in [-0.39, 0.29) is 0 Å². The number of hydrogen-bond acceptors (Lipinski definition) is 4. The average Bonchev–Trinajstić information content (AvgIpc) is 2.90. The van der Waals surface area contributed by atoms with E-state index in [9.17, 15) is 0 Å². The van der Waals surface area contributed by atoms with Gasteiger partial charge in [0.25, 0.3) is 0 Å². The summed E-state index contributed by atoms with van der Waals surface area (Å²) in [5.41, 5.74) is 8.64. The lowest BCUT2D eigenvalue weighted by atomic mass is 10.1. The summed E-state index contributed by atoms with van der Waals surface area (Å²) in [6.07, 6.45) is 0.690. The lowest BCUT2D eigenvalue weighted by molar-refractivity contribution is 0.414. The van der Waals surface area contributed by atoms with Gasteiger partial charge in [0.05, 0.1) is 12.8 Å². The zero-order valence-corrected chi connectivity index (χ0v) is 11.3. The van der Waals surface area contributed by atoms with Crippen molar-refractivity contribution in [3.8, 4) is 5.75 Å². The minimum Gasteiger partial charge on any atom is -0.497 e. The number of fused-ring (bicyclic) bond motifs is 1. The molecule has 5 nitrogen and oxygen atoms in total. The fourth-order valence-corrected chi connectivity index (χ4v) is 2.16. The molecule has 0 aliphatic carbocycles. The molecule has 0 saturated carbocycles. The maximum absolute atomic E-state index is 5.71. The highest BCUT2D eigenvalue weighted by Crippen LogP contribution is 2.14. The molecule has 0 aliphatic rings. The Morgan fingerprint density at radius 1 is 1.15 bits per heavy atom. The molecule has 3 rings (SSSR count). The molecule has 0 aliphatic heterocycles. The smallest absolute Gasteiger partial charge is 0.156 e. The topological polar surface area (TPSA) is 65.4 Å². The van der Waals surface area contributed by atoms with Crippen LogP contribution in [0.3, 0.4) is 0 Å². The monoisotopic (exact) mass is 268 g/mol. The summed E-state index contributed by atoms with van der Waals surface area (Å²) in [5.74, 6) is 1.64. The van der Waals surface area contributed by atoms with E-state index in [0.717, 1.165) is 28.5 Å². The molecule has 102 valence electrons. The van der Waals surface area contributed by atoms with E-state index in [4.69, 9.17) is 10.5 Å². The van der Waals surface area contributed by atoms with E-state index in [1.165, 1.54) is 0 Å². The van der Waals surface area contributed by atoms with Gasteiger partial charge < -0.3 is 10.5 Å². The van der Waals surface area contributed by atoms with E-state index in [1.54, 1.807) is 11.6 Å². The Balaban J connectivity index is 1.90. The van der Waals surface area contributed by atoms with Gasteiger partial charge in [-0.15, -0.1) is 0 Å². The third-order valence-corrected chi connectivity index (χ3v) is 3.21. The Labute approximate surface area is 117 Å². The zero-order valence-electron chi connectivity index (χ0n) is 11.3. The second kappa shape index (κ2) is 5.30. The molecule has 3 aromatic rings. The highest BCUT2D eigenvalue weighted by atomic mass is 16.5. The van der Waals surface area contributed by atoms with Crippen LogP contribution in [-0.2, 0) is 13.0 Å². The molecule has 2 heterocycles. The summed E-state index contributed by atoms with van der Waals surface area (Å²) in [6.45, 7) is 0.447. The maximum Gasteiger partial charge on any atom is 0.156 e. The Morgan fingerprint density at radius 2 is 1.95 bits per heavy atom. The van der Waals surface area contributed by atoms with Gasteiger partial charge in [-0.25, -0.2) is 9.50 Å². The predicted molar refractivity (Wildman–Crippen MR) is 76.7 cm³/mol. The molecule has 0 unspecified atom stereocenters. The van der Waals surface area contributed by atoms with E-state index >= 15 is 0 Å². The first-order valence-corrected chi connectivity index (χ1v) is 6.46. The van der Waals surface area contributed by atoms with Crippen molar-refractivity contribution >= 4 is 5.65 Å². The summed E-state index contributed by atoms with van der Waals surface area (Å²) >= 11 is 0. The Hall–Kier alpha value is -2.40. The third-order valence-electron chi connectivity index (χ3n) is 3.21. The van der Waals surface area contributed by atoms with Gasteiger partial charge in [0.1, 0.15) is 5.75 Å². The van der Waals surface area contributed by atoms with E-state index in [0.29, 0.717) is 13.0 Å². The van der Waals surface area contributed by atoms with Crippen molar-refractivity contribution in [2.75, 3.05) is 7.11 Å². The predicted octanol–water partition coefficient (Wildman–Crippen LogP) is 1.79. The number of hydrogen-bond donors (Lipinski definition) is 1.